The van der Waals surface area contributed by atoms with E-state index < -0.39 is 0 Å². The number of halogens is 1. The van der Waals surface area contributed by atoms with E-state index in [0.29, 0.717) is 23.7 Å². The number of hydrogen-bond donors (Lipinski definition) is 0. The second-order valence-electron chi connectivity index (χ2n) is 4.55. The van der Waals surface area contributed by atoms with E-state index in [2.05, 4.69) is 0 Å². The molecule has 1 amide bonds. The van der Waals surface area contributed by atoms with Gasteiger partial charge in [0.25, 0.3) is 5.91 Å². The second-order valence-corrected chi connectivity index (χ2v) is 4.55. The smallest absolute Gasteiger partial charge is 0.264 e. The molecule has 0 N–H and O–H groups in total. The molecule has 0 aromatic heterocycles. The summed E-state index contributed by atoms with van der Waals surface area (Å²) in [6.07, 6.45) is 0. The van der Waals surface area contributed by atoms with Crippen LogP contribution in [0.1, 0.15) is 6.92 Å². The zero-order chi connectivity index (χ0) is 15.9. The minimum atomic E-state index is -0.336. The molecule has 0 aliphatic carbocycles. The average Bonchev–Trinajstić information content (AvgIpc) is 2.55. The number of methoxy groups -OCH3 is 1. The summed E-state index contributed by atoms with van der Waals surface area (Å²) < 4.78 is 23.7. The van der Waals surface area contributed by atoms with Crippen molar-refractivity contribution in [3.8, 4) is 11.5 Å². The monoisotopic (exact) mass is 303 g/mol. The molecule has 0 heterocycles. The Balaban J connectivity index is 2.05. The quantitative estimate of drug-likeness (QED) is 0.822. The van der Waals surface area contributed by atoms with Crippen LogP contribution in [0.15, 0.2) is 48.5 Å². The molecule has 0 saturated carbocycles. The van der Waals surface area contributed by atoms with Gasteiger partial charge in [-0.05, 0) is 43.3 Å². The number of para-hydroxylation sites is 2. The normalized spacial score (nSPS) is 10.1. The topological polar surface area (TPSA) is 38.8 Å². The molecule has 0 unspecified atom stereocenters. The molecule has 2 aromatic rings. The lowest BCUT2D eigenvalue weighted by Gasteiger charge is -2.21. The fourth-order valence-electron chi connectivity index (χ4n) is 2.08. The van der Waals surface area contributed by atoms with Gasteiger partial charge in [-0.25, -0.2) is 4.39 Å². The third-order valence-corrected chi connectivity index (χ3v) is 3.18. The fraction of sp³-hybridized carbons (Fsp3) is 0.235. The lowest BCUT2D eigenvalue weighted by molar-refractivity contribution is -0.120. The third kappa shape index (κ3) is 3.75. The highest BCUT2D eigenvalue weighted by Gasteiger charge is 2.15. The van der Waals surface area contributed by atoms with Crippen molar-refractivity contribution in [3.63, 3.8) is 0 Å². The first-order valence-electron chi connectivity index (χ1n) is 6.97. The Bertz CT molecular complexity index is 628. The molecular formula is C17H18FNO3. The van der Waals surface area contributed by atoms with Gasteiger partial charge in [-0.3, -0.25) is 4.79 Å². The predicted octanol–water partition coefficient (Wildman–Crippen LogP) is 3.27. The molecule has 5 heteroatoms. The molecule has 2 aromatic carbocycles. The van der Waals surface area contributed by atoms with E-state index >= 15 is 0 Å². The number of carbonyl (C=O) groups is 1. The number of likely N-dealkylation sites (N-methyl/N-ethyl adjacent to an activating group) is 1. The number of anilines is 1. The van der Waals surface area contributed by atoms with Gasteiger partial charge in [-0.1, -0.05) is 12.1 Å². The first kappa shape index (κ1) is 15.8. The van der Waals surface area contributed by atoms with E-state index in [9.17, 15) is 9.18 Å². The van der Waals surface area contributed by atoms with Gasteiger partial charge in [0.15, 0.2) is 18.1 Å². The number of ether oxygens (including phenoxy) is 2. The lowest BCUT2D eigenvalue weighted by Crippen LogP contribution is -2.34. The number of rotatable bonds is 6. The third-order valence-electron chi connectivity index (χ3n) is 3.18. The summed E-state index contributed by atoms with van der Waals surface area (Å²) in [6, 6.07) is 12.9. The fourth-order valence-corrected chi connectivity index (χ4v) is 2.08. The van der Waals surface area contributed by atoms with Crippen molar-refractivity contribution in [2.75, 3.05) is 25.2 Å². The Morgan fingerprint density at radius 3 is 2.32 bits per heavy atom. The number of benzene rings is 2. The average molecular weight is 303 g/mol. The van der Waals surface area contributed by atoms with Crippen LogP contribution in [0.4, 0.5) is 10.1 Å². The largest absolute Gasteiger partial charge is 0.493 e. The summed E-state index contributed by atoms with van der Waals surface area (Å²) in [5.74, 6) is 0.533. The minimum absolute atomic E-state index is 0.119. The Labute approximate surface area is 129 Å². The van der Waals surface area contributed by atoms with E-state index in [1.165, 1.54) is 17.0 Å². The van der Waals surface area contributed by atoms with Crippen LogP contribution in [0, 0.1) is 5.82 Å². The van der Waals surface area contributed by atoms with Crippen LogP contribution in [0.5, 0.6) is 11.5 Å². The van der Waals surface area contributed by atoms with E-state index in [-0.39, 0.29) is 18.3 Å². The molecule has 0 spiro atoms. The van der Waals surface area contributed by atoms with Crippen LogP contribution in [-0.4, -0.2) is 26.2 Å². The Hall–Kier alpha value is -2.56. The summed E-state index contributed by atoms with van der Waals surface area (Å²) in [7, 11) is 1.54. The highest BCUT2D eigenvalue weighted by molar-refractivity contribution is 5.94. The van der Waals surface area contributed by atoms with Gasteiger partial charge in [0.05, 0.1) is 7.11 Å². The van der Waals surface area contributed by atoms with E-state index in [4.69, 9.17) is 9.47 Å². The Kier molecular flexibility index (Phi) is 5.36. The minimum Gasteiger partial charge on any atom is -0.493 e. The Morgan fingerprint density at radius 2 is 1.73 bits per heavy atom. The van der Waals surface area contributed by atoms with Gasteiger partial charge in [0.2, 0.25) is 0 Å². The number of carbonyl (C=O) groups excluding carboxylic acids is 1. The molecule has 0 saturated heterocycles. The molecule has 116 valence electrons. The van der Waals surface area contributed by atoms with Gasteiger partial charge in [-0.15, -0.1) is 0 Å². The molecule has 0 fully saturated rings. The molecule has 22 heavy (non-hydrogen) atoms. The molecular weight excluding hydrogens is 285 g/mol. The maximum atomic E-state index is 13.0. The summed E-state index contributed by atoms with van der Waals surface area (Å²) in [5, 5.41) is 0. The highest BCUT2D eigenvalue weighted by atomic mass is 19.1. The Morgan fingerprint density at radius 1 is 1.09 bits per heavy atom. The van der Waals surface area contributed by atoms with Crippen LogP contribution < -0.4 is 14.4 Å². The molecule has 0 radical (unpaired) electrons. The van der Waals surface area contributed by atoms with Crippen LogP contribution in [0.3, 0.4) is 0 Å². The summed E-state index contributed by atoms with van der Waals surface area (Å²) >= 11 is 0. The van der Waals surface area contributed by atoms with Crippen molar-refractivity contribution < 1.29 is 18.7 Å². The van der Waals surface area contributed by atoms with Gasteiger partial charge >= 0.3 is 0 Å². The van der Waals surface area contributed by atoms with Gasteiger partial charge in [0.1, 0.15) is 5.82 Å². The summed E-state index contributed by atoms with van der Waals surface area (Å²) in [6.45, 7) is 2.20. The second kappa shape index (κ2) is 7.45. The maximum Gasteiger partial charge on any atom is 0.264 e. The van der Waals surface area contributed by atoms with Crippen molar-refractivity contribution in [2.45, 2.75) is 6.92 Å². The lowest BCUT2D eigenvalue weighted by atomic mass is 10.2. The van der Waals surface area contributed by atoms with Crippen LogP contribution >= 0.6 is 0 Å². The molecule has 4 nitrogen and oxygen atoms in total. The van der Waals surface area contributed by atoms with Gasteiger partial charge in [-0.2, -0.15) is 0 Å². The van der Waals surface area contributed by atoms with Crippen molar-refractivity contribution in [2.24, 2.45) is 0 Å². The standard InChI is InChI=1S/C17H18FNO3/c1-3-19(14-10-8-13(18)9-11-14)17(20)12-22-16-7-5-4-6-15(16)21-2/h4-11H,3,12H2,1-2H3. The van der Waals surface area contributed by atoms with Crippen molar-refractivity contribution >= 4 is 11.6 Å². The first-order valence-corrected chi connectivity index (χ1v) is 6.97. The predicted molar refractivity (Wildman–Crippen MR) is 82.9 cm³/mol. The van der Waals surface area contributed by atoms with Gasteiger partial charge < -0.3 is 14.4 Å². The van der Waals surface area contributed by atoms with E-state index in [1.54, 1.807) is 37.4 Å². The number of hydrogen-bond acceptors (Lipinski definition) is 3. The number of nitrogens with zero attached hydrogens (tertiary/aromatic N) is 1. The van der Waals surface area contributed by atoms with Gasteiger partial charge in [0, 0.05) is 12.2 Å². The first-order chi connectivity index (χ1) is 10.7. The highest BCUT2D eigenvalue weighted by Crippen LogP contribution is 2.26. The molecule has 2 rings (SSSR count). The molecule has 0 aliphatic rings. The molecule has 0 aliphatic heterocycles. The van der Waals surface area contributed by atoms with Crippen LogP contribution in [0.2, 0.25) is 0 Å². The molecule has 0 bridgehead atoms. The zero-order valence-electron chi connectivity index (χ0n) is 12.6. The van der Waals surface area contributed by atoms with Crippen LogP contribution in [-0.2, 0) is 4.79 Å². The van der Waals surface area contributed by atoms with Crippen molar-refractivity contribution in [3.05, 3.63) is 54.3 Å². The molecule has 0 atom stereocenters. The maximum absolute atomic E-state index is 13.0. The zero-order valence-corrected chi connectivity index (χ0v) is 12.6. The summed E-state index contributed by atoms with van der Waals surface area (Å²) in [5.41, 5.74) is 0.637. The van der Waals surface area contributed by atoms with Crippen molar-refractivity contribution in [1.29, 1.82) is 0 Å². The van der Waals surface area contributed by atoms with Crippen LogP contribution in [0.25, 0.3) is 0 Å². The number of amides is 1. The van der Waals surface area contributed by atoms with E-state index in [0.717, 1.165) is 0 Å². The van der Waals surface area contributed by atoms with E-state index in [1.807, 2.05) is 13.0 Å². The van der Waals surface area contributed by atoms with Crippen molar-refractivity contribution in [1.82, 2.24) is 0 Å². The summed E-state index contributed by atoms with van der Waals surface area (Å²) in [4.78, 5) is 13.8. The SMILES string of the molecule is CCN(C(=O)COc1ccccc1OC)c1ccc(F)cc1.